The number of carbonyl (C=O) groups is 1. The number of carbonyl (C=O) groups excluding carboxylic acids is 1. The van der Waals surface area contributed by atoms with Crippen LogP contribution in [0.1, 0.15) is 28.4 Å². The lowest BCUT2D eigenvalue weighted by molar-refractivity contribution is 0.0956. The van der Waals surface area contributed by atoms with Crippen LogP contribution in [0.5, 0.6) is 0 Å². The van der Waals surface area contributed by atoms with Crippen molar-refractivity contribution in [3.05, 3.63) is 89.5 Å². The molecule has 0 spiro atoms. The molecule has 0 aliphatic rings. The van der Waals surface area contributed by atoms with Crippen molar-refractivity contribution in [1.82, 2.24) is 5.32 Å². The van der Waals surface area contributed by atoms with E-state index in [0.29, 0.717) is 17.8 Å². The Morgan fingerprint density at radius 2 is 1.59 bits per heavy atom. The second-order valence-electron chi connectivity index (χ2n) is 7.69. The van der Waals surface area contributed by atoms with Gasteiger partial charge >= 0.3 is 0 Å². The number of aryl methyl sites for hydroxylation is 1. The number of hydrogen-bond donors (Lipinski definition) is 1. The van der Waals surface area contributed by atoms with E-state index in [9.17, 15) is 13.2 Å². The lowest BCUT2D eigenvalue weighted by Gasteiger charge is -2.23. The molecule has 0 heterocycles. The van der Waals surface area contributed by atoms with Crippen LogP contribution in [0.25, 0.3) is 0 Å². The molecule has 3 rings (SSSR count). The maximum atomic E-state index is 13.1. The van der Waals surface area contributed by atoms with Gasteiger partial charge in [-0.15, -0.1) is 11.8 Å². The SMILES string of the molecule is CCN(c1ccc(C(=O)NCCSCc2ccc(C)cc2)cc1)S(=O)(=O)c1ccc(SC)cc1. The van der Waals surface area contributed by atoms with Crippen LogP contribution in [-0.4, -0.2) is 39.4 Å². The fraction of sp³-hybridized carbons (Fsp3) is 0.269. The van der Waals surface area contributed by atoms with E-state index in [-0.39, 0.29) is 17.3 Å². The molecule has 0 aromatic heterocycles. The molecule has 0 aliphatic carbocycles. The molecule has 1 N–H and O–H groups in total. The van der Waals surface area contributed by atoms with E-state index in [1.807, 2.05) is 6.26 Å². The van der Waals surface area contributed by atoms with Gasteiger partial charge in [0, 0.05) is 35.1 Å². The first-order chi connectivity index (χ1) is 16.3. The molecule has 8 heteroatoms. The molecule has 0 fully saturated rings. The smallest absolute Gasteiger partial charge is 0.264 e. The summed E-state index contributed by atoms with van der Waals surface area (Å²) in [6, 6.07) is 22.0. The third-order valence-electron chi connectivity index (χ3n) is 5.27. The van der Waals surface area contributed by atoms with Crippen LogP contribution in [0.15, 0.2) is 82.6 Å². The molecule has 0 saturated heterocycles. The van der Waals surface area contributed by atoms with Gasteiger partial charge in [-0.25, -0.2) is 8.42 Å². The largest absolute Gasteiger partial charge is 0.351 e. The highest BCUT2D eigenvalue weighted by atomic mass is 32.2. The minimum atomic E-state index is -3.69. The first-order valence-electron chi connectivity index (χ1n) is 11.0. The predicted octanol–water partition coefficient (Wildman–Crippen LogP) is 5.60. The van der Waals surface area contributed by atoms with Crippen LogP contribution < -0.4 is 9.62 Å². The van der Waals surface area contributed by atoms with Gasteiger partial charge in [0.2, 0.25) is 0 Å². The molecule has 0 aliphatic heterocycles. The number of nitrogens with one attached hydrogen (secondary N) is 1. The van der Waals surface area contributed by atoms with Gasteiger partial charge in [0.25, 0.3) is 15.9 Å². The Kier molecular flexibility index (Phi) is 9.50. The number of amides is 1. The summed E-state index contributed by atoms with van der Waals surface area (Å²) in [5.41, 5.74) is 3.55. The van der Waals surface area contributed by atoms with E-state index < -0.39 is 10.0 Å². The van der Waals surface area contributed by atoms with Gasteiger partial charge in [-0.3, -0.25) is 9.10 Å². The van der Waals surface area contributed by atoms with E-state index >= 15 is 0 Å². The van der Waals surface area contributed by atoms with Crippen LogP contribution in [0.4, 0.5) is 5.69 Å². The highest BCUT2D eigenvalue weighted by molar-refractivity contribution is 7.98. The Morgan fingerprint density at radius 1 is 0.941 bits per heavy atom. The van der Waals surface area contributed by atoms with Gasteiger partial charge in [0.15, 0.2) is 0 Å². The summed E-state index contributed by atoms with van der Waals surface area (Å²) >= 11 is 3.33. The number of anilines is 1. The number of nitrogens with zero attached hydrogens (tertiary/aromatic N) is 1. The molecule has 0 radical (unpaired) electrons. The highest BCUT2D eigenvalue weighted by Crippen LogP contribution is 2.25. The predicted molar refractivity (Wildman–Crippen MR) is 145 cm³/mol. The number of benzene rings is 3. The van der Waals surface area contributed by atoms with Gasteiger partial charge in [0.1, 0.15) is 0 Å². The van der Waals surface area contributed by atoms with Gasteiger partial charge in [-0.05, 0) is 74.2 Å². The van der Waals surface area contributed by atoms with Crippen molar-refractivity contribution >= 4 is 45.1 Å². The maximum Gasteiger partial charge on any atom is 0.264 e. The molecule has 0 saturated carbocycles. The number of thioether (sulfide) groups is 2. The summed E-state index contributed by atoms with van der Waals surface area (Å²) < 4.78 is 27.6. The van der Waals surface area contributed by atoms with Crippen molar-refractivity contribution < 1.29 is 13.2 Å². The Balaban J connectivity index is 1.55. The first kappa shape index (κ1) is 26.2. The van der Waals surface area contributed by atoms with E-state index in [0.717, 1.165) is 16.4 Å². The van der Waals surface area contributed by atoms with E-state index in [1.54, 1.807) is 79.0 Å². The molecular weight excluding hydrogens is 484 g/mol. The Hall–Kier alpha value is -2.42. The standard InChI is InChI=1S/C26H30N2O3S3/c1-4-28(34(30,31)25-15-13-24(32-3)14-16-25)23-11-9-22(10-12-23)26(29)27-17-18-33-19-21-7-5-20(2)6-8-21/h5-16H,4,17-19H2,1-3H3,(H,27,29). The Labute approximate surface area is 211 Å². The highest BCUT2D eigenvalue weighted by Gasteiger charge is 2.23. The molecule has 0 atom stereocenters. The van der Waals surface area contributed by atoms with E-state index in [4.69, 9.17) is 0 Å². The Morgan fingerprint density at radius 3 is 2.18 bits per heavy atom. The monoisotopic (exact) mass is 514 g/mol. The molecule has 34 heavy (non-hydrogen) atoms. The summed E-state index contributed by atoms with van der Waals surface area (Å²) in [6.45, 7) is 4.72. The van der Waals surface area contributed by atoms with Gasteiger partial charge < -0.3 is 5.32 Å². The van der Waals surface area contributed by atoms with Crippen molar-refractivity contribution in [1.29, 1.82) is 0 Å². The lowest BCUT2D eigenvalue weighted by atomic mass is 10.2. The van der Waals surface area contributed by atoms with Crippen LogP contribution in [-0.2, 0) is 15.8 Å². The molecule has 0 bridgehead atoms. The summed E-state index contributed by atoms with van der Waals surface area (Å²) in [6.07, 6.45) is 1.95. The molecule has 1 amide bonds. The van der Waals surface area contributed by atoms with Crippen molar-refractivity contribution in [2.45, 2.75) is 29.4 Å². The maximum absolute atomic E-state index is 13.1. The molecular formula is C26H30N2O3S3. The summed E-state index contributed by atoms with van der Waals surface area (Å²) in [7, 11) is -3.69. The minimum absolute atomic E-state index is 0.166. The van der Waals surface area contributed by atoms with Crippen molar-refractivity contribution in [3.8, 4) is 0 Å². The van der Waals surface area contributed by atoms with Gasteiger partial charge in [-0.2, -0.15) is 11.8 Å². The van der Waals surface area contributed by atoms with E-state index in [2.05, 4.69) is 36.5 Å². The number of rotatable bonds is 11. The molecule has 3 aromatic rings. The van der Waals surface area contributed by atoms with Gasteiger partial charge in [-0.1, -0.05) is 29.8 Å². The third-order valence-corrected chi connectivity index (χ3v) is 8.96. The van der Waals surface area contributed by atoms with Crippen LogP contribution in [0.3, 0.4) is 0 Å². The van der Waals surface area contributed by atoms with Crippen LogP contribution in [0.2, 0.25) is 0 Å². The van der Waals surface area contributed by atoms with Crippen molar-refractivity contribution in [3.63, 3.8) is 0 Å². The minimum Gasteiger partial charge on any atom is -0.351 e. The second kappa shape index (κ2) is 12.3. The first-order valence-corrected chi connectivity index (χ1v) is 14.9. The topological polar surface area (TPSA) is 66.5 Å². The zero-order valence-electron chi connectivity index (χ0n) is 19.7. The fourth-order valence-corrected chi connectivity index (χ4v) is 6.06. The van der Waals surface area contributed by atoms with Crippen LogP contribution >= 0.6 is 23.5 Å². The number of hydrogen-bond acceptors (Lipinski definition) is 5. The third kappa shape index (κ3) is 6.81. The van der Waals surface area contributed by atoms with Gasteiger partial charge in [0.05, 0.1) is 10.6 Å². The summed E-state index contributed by atoms with van der Waals surface area (Å²) in [5.74, 6) is 1.56. The normalized spacial score (nSPS) is 11.3. The van der Waals surface area contributed by atoms with Crippen molar-refractivity contribution in [2.24, 2.45) is 0 Å². The lowest BCUT2D eigenvalue weighted by Crippen LogP contribution is -2.31. The van der Waals surface area contributed by atoms with Crippen LogP contribution in [0, 0.1) is 6.92 Å². The second-order valence-corrected chi connectivity index (χ2v) is 11.5. The average Bonchev–Trinajstić information content (AvgIpc) is 2.85. The number of sulfonamides is 1. The molecule has 180 valence electrons. The Bertz CT molecular complexity index is 1180. The average molecular weight is 515 g/mol. The molecule has 5 nitrogen and oxygen atoms in total. The fourth-order valence-electron chi connectivity index (χ4n) is 3.36. The summed E-state index contributed by atoms with van der Waals surface area (Å²) in [5, 5.41) is 2.93. The molecule has 3 aromatic carbocycles. The van der Waals surface area contributed by atoms with E-state index in [1.165, 1.54) is 15.4 Å². The van der Waals surface area contributed by atoms with Crippen molar-refractivity contribution in [2.75, 3.05) is 29.4 Å². The zero-order chi connectivity index (χ0) is 24.6. The quantitative estimate of drug-likeness (QED) is 0.267. The summed E-state index contributed by atoms with van der Waals surface area (Å²) in [4.78, 5) is 13.7. The zero-order valence-corrected chi connectivity index (χ0v) is 22.1. The molecule has 0 unspecified atom stereocenters.